The van der Waals surface area contributed by atoms with Gasteiger partial charge in [-0.3, -0.25) is 4.79 Å². The van der Waals surface area contributed by atoms with Gasteiger partial charge < -0.3 is 15.6 Å². The second-order valence-electron chi connectivity index (χ2n) is 5.25. The first-order valence-corrected chi connectivity index (χ1v) is 8.13. The molecule has 0 bridgehead atoms. The molecule has 0 fully saturated rings. The molecule has 6 heteroatoms. The Hall–Kier alpha value is -1.01. The molecule has 1 unspecified atom stereocenters. The Morgan fingerprint density at radius 3 is 2.85 bits per heavy atom. The first kappa shape index (κ1) is 17.0. The van der Waals surface area contributed by atoms with Gasteiger partial charge in [-0.1, -0.05) is 25.1 Å². The maximum absolute atomic E-state index is 11.6. The van der Waals surface area contributed by atoms with Gasteiger partial charge in [0, 0.05) is 25.2 Å². The van der Waals surface area contributed by atoms with E-state index in [1.807, 2.05) is 24.7 Å². The number of hydrogen-bond acceptors (Lipinski definition) is 4. The van der Waals surface area contributed by atoms with E-state index in [1.54, 1.807) is 18.0 Å². The molecule has 1 rings (SSSR count). The number of thioether (sulfide) groups is 1. The van der Waals surface area contributed by atoms with E-state index in [0.717, 1.165) is 43.1 Å². The minimum atomic E-state index is -0.579. The van der Waals surface area contributed by atoms with Gasteiger partial charge in [-0.25, -0.2) is 4.98 Å². The van der Waals surface area contributed by atoms with Gasteiger partial charge in [-0.15, -0.1) is 0 Å². The standard InChI is InChI=1S/C14H26N4OS/c1-4-8-17-14(2,12(15)19)7-5-6-11-20-13-16-9-10-18(13)3/h9-10,17H,4-8,11H2,1-3H3,(H2,15,19). The third-order valence-corrected chi connectivity index (χ3v) is 4.53. The maximum atomic E-state index is 11.6. The Kier molecular flexibility index (Phi) is 7.09. The minimum Gasteiger partial charge on any atom is -0.368 e. The van der Waals surface area contributed by atoms with Crippen LogP contribution in [0.15, 0.2) is 17.6 Å². The van der Waals surface area contributed by atoms with Crippen LogP contribution in [0.3, 0.4) is 0 Å². The van der Waals surface area contributed by atoms with Gasteiger partial charge in [-0.2, -0.15) is 0 Å². The van der Waals surface area contributed by atoms with Crippen LogP contribution in [-0.4, -0.2) is 33.3 Å². The Bertz CT molecular complexity index is 421. The van der Waals surface area contributed by atoms with E-state index < -0.39 is 5.54 Å². The van der Waals surface area contributed by atoms with Crippen molar-refractivity contribution in [2.24, 2.45) is 12.8 Å². The van der Waals surface area contributed by atoms with Crippen LogP contribution in [0.25, 0.3) is 0 Å². The molecule has 0 aromatic carbocycles. The van der Waals surface area contributed by atoms with Crippen molar-refractivity contribution in [3.05, 3.63) is 12.4 Å². The first-order valence-electron chi connectivity index (χ1n) is 7.14. The zero-order valence-corrected chi connectivity index (χ0v) is 13.5. The van der Waals surface area contributed by atoms with Crippen molar-refractivity contribution in [2.45, 2.75) is 50.2 Å². The Morgan fingerprint density at radius 1 is 1.55 bits per heavy atom. The summed E-state index contributed by atoms with van der Waals surface area (Å²) < 4.78 is 2.01. The molecule has 20 heavy (non-hydrogen) atoms. The molecule has 1 heterocycles. The number of aryl methyl sites for hydroxylation is 1. The minimum absolute atomic E-state index is 0.261. The van der Waals surface area contributed by atoms with Gasteiger partial charge >= 0.3 is 0 Å². The lowest BCUT2D eigenvalue weighted by atomic mass is 9.94. The largest absolute Gasteiger partial charge is 0.368 e. The van der Waals surface area contributed by atoms with Crippen molar-refractivity contribution in [3.8, 4) is 0 Å². The number of aromatic nitrogens is 2. The fourth-order valence-corrected chi connectivity index (χ4v) is 2.87. The molecular formula is C14H26N4OS. The van der Waals surface area contributed by atoms with Crippen molar-refractivity contribution in [1.29, 1.82) is 0 Å². The summed E-state index contributed by atoms with van der Waals surface area (Å²) >= 11 is 1.75. The molecular weight excluding hydrogens is 272 g/mol. The number of amides is 1. The second kappa shape index (κ2) is 8.32. The number of imidazole rings is 1. The summed E-state index contributed by atoms with van der Waals surface area (Å²) in [6.07, 6.45) is 7.56. The summed E-state index contributed by atoms with van der Waals surface area (Å²) in [5.74, 6) is 0.746. The van der Waals surface area contributed by atoms with Gasteiger partial charge in [0.25, 0.3) is 0 Å². The number of nitrogens with one attached hydrogen (secondary N) is 1. The van der Waals surface area contributed by atoms with E-state index >= 15 is 0 Å². The highest BCUT2D eigenvalue weighted by Gasteiger charge is 2.29. The van der Waals surface area contributed by atoms with Crippen molar-refractivity contribution >= 4 is 17.7 Å². The molecule has 0 aliphatic carbocycles. The number of primary amides is 1. The van der Waals surface area contributed by atoms with E-state index in [1.165, 1.54) is 0 Å². The van der Waals surface area contributed by atoms with E-state index in [0.29, 0.717) is 0 Å². The van der Waals surface area contributed by atoms with Crippen LogP contribution < -0.4 is 11.1 Å². The zero-order valence-electron chi connectivity index (χ0n) is 12.7. The van der Waals surface area contributed by atoms with Gasteiger partial charge in [0.05, 0.1) is 5.54 Å². The number of nitrogens with zero attached hydrogens (tertiary/aromatic N) is 2. The Labute approximate surface area is 125 Å². The van der Waals surface area contributed by atoms with E-state index in [2.05, 4.69) is 17.2 Å². The third kappa shape index (κ3) is 5.17. The molecule has 0 saturated carbocycles. The summed E-state index contributed by atoms with van der Waals surface area (Å²) in [6.45, 7) is 4.80. The lowest BCUT2D eigenvalue weighted by Gasteiger charge is -2.27. The number of hydrogen-bond donors (Lipinski definition) is 2. The quantitative estimate of drug-likeness (QED) is 0.511. The predicted octanol–water partition coefficient (Wildman–Crippen LogP) is 1.93. The topological polar surface area (TPSA) is 72.9 Å². The molecule has 0 aliphatic rings. The van der Waals surface area contributed by atoms with Crippen LogP contribution in [0.2, 0.25) is 0 Å². The molecule has 5 nitrogen and oxygen atoms in total. The molecule has 0 radical (unpaired) electrons. The molecule has 0 spiro atoms. The van der Waals surface area contributed by atoms with Gasteiger partial charge in [0.15, 0.2) is 5.16 Å². The molecule has 1 amide bonds. The van der Waals surface area contributed by atoms with Gasteiger partial charge in [-0.05, 0) is 32.7 Å². The summed E-state index contributed by atoms with van der Waals surface area (Å²) in [6, 6.07) is 0. The summed E-state index contributed by atoms with van der Waals surface area (Å²) in [4.78, 5) is 15.8. The van der Waals surface area contributed by atoms with Crippen molar-refractivity contribution < 1.29 is 4.79 Å². The number of unbranched alkanes of at least 4 members (excludes halogenated alkanes) is 1. The van der Waals surface area contributed by atoms with Gasteiger partial charge in [0.1, 0.15) is 0 Å². The van der Waals surface area contributed by atoms with Crippen molar-refractivity contribution in [2.75, 3.05) is 12.3 Å². The molecule has 1 atom stereocenters. The van der Waals surface area contributed by atoms with Crippen LogP contribution in [0.1, 0.15) is 39.5 Å². The van der Waals surface area contributed by atoms with E-state index in [-0.39, 0.29) is 5.91 Å². The van der Waals surface area contributed by atoms with Crippen LogP contribution >= 0.6 is 11.8 Å². The van der Waals surface area contributed by atoms with Crippen LogP contribution in [-0.2, 0) is 11.8 Å². The Morgan fingerprint density at radius 2 is 2.30 bits per heavy atom. The molecule has 3 N–H and O–H groups in total. The maximum Gasteiger partial charge on any atom is 0.237 e. The smallest absolute Gasteiger partial charge is 0.237 e. The van der Waals surface area contributed by atoms with E-state index in [9.17, 15) is 4.79 Å². The highest BCUT2D eigenvalue weighted by molar-refractivity contribution is 7.99. The second-order valence-corrected chi connectivity index (χ2v) is 6.31. The van der Waals surface area contributed by atoms with Crippen LogP contribution in [0.5, 0.6) is 0 Å². The average molecular weight is 298 g/mol. The lowest BCUT2D eigenvalue weighted by molar-refractivity contribution is -0.124. The number of rotatable bonds is 10. The number of carbonyl (C=O) groups excluding carboxylic acids is 1. The summed E-state index contributed by atoms with van der Waals surface area (Å²) in [5, 5.41) is 4.30. The normalized spacial score (nSPS) is 14.2. The molecule has 1 aromatic rings. The van der Waals surface area contributed by atoms with Crippen LogP contribution in [0, 0.1) is 0 Å². The zero-order chi connectivity index (χ0) is 15.0. The predicted molar refractivity (Wildman–Crippen MR) is 83.7 cm³/mol. The summed E-state index contributed by atoms with van der Waals surface area (Å²) in [7, 11) is 1.99. The average Bonchev–Trinajstić information content (AvgIpc) is 2.81. The molecule has 0 aliphatic heterocycles. The van der Waals surface area contributed by atoms with Crippen molar-refractivity contribution in [3.63, 3.8) is 0 Å². The fourth-order valence-electron chi connectivity index (χ4n) is 1.93. The monoisotopic (exact) mass is 298 g/mol. The molecule has 0 saturated heterocycles. The highest BCUT2D eigenvalue weighted by atomic mass is 32.2. The third-order valence-electron chi connectivity index (χ3n) is 3.39. The summed E-state index contributed by atoms with van der Waals surface area (Å²) in [5.41, 5.74) is 4.92. The van der Waals surface area contributed by atoms with E-state index in [4.69, 9.17) is 5.73 Å². The molecule has 1 aromatic heterocycles. The molecule has 114 valence electrons. The number of carbonyl (C=O) groups is 1. The number of nitrogens with two attached hydrogens (primary N) is 1. The van der Waals surface area contributed by atoms with Crippen molar-refractivity contribution in [1.82, 2.24) is 14.9 Å². The Balaban J connectivity index is 2.27. The van der Waals surface area contributed by atoms with Crippen LogP contribution in [0.4, 0.5) is 0 Å². The fraction of sp³-hybridized carbons (Fsp3) is 0.714. The first-order chi connectivity index (χ1) is 9.49. The highest BCUT2D eigenvalue weighted by Crippen LogP contribution is 2.19. The SMILES string of the molecule is CCCNC(C)(CCCCSc1nccn1C)C(N)=O. The lowest BCUT2D eigenvalue weighted by Crippen LogP contribution is -2.53. The van der Waals surface area contributed by atoms with Gasteiger partial charge in [0.2, 0.25) is 5.91 Å².